The highest BCUT2D eigenvalue weighted by atomic mass is 32.2. The quantitative estimate of drug-likeness (QED) is 0.388. The number of hydrogen-bond acceptors (Lipinski definition) is 5. The molecule has 5 rings (SSSR count). The zero-order chi connectivity index (χ0) is 22.2. The molecule has 32 heavy (non-hydrogen) atoms. The van der Waals surface area contributed by atoms with Gasteiger partial charge in [-0.3, -0.25) is 0 Å². The molecule has 0 radical (unpaired) electrons. The molecule has 2 aliphatic rings. The number of thioether (sulfide) groups is 2. The van der Waals surface area contributed by atoms with Gasteiger partial charge in [0.05, 0.1) is 37.8 Å². The summed E-state index contributed by atoms with van der Waals surface area (Å²) in [5, 5.41) is 5.93. The van der Waals surface area contributed by atoms with Gasteiger partial charge in [0.2, 0.25) is 0 Å². The van der Waals surface area contributed by atoms with Crippen LogP contribution in [-0.2, 0) is 6.54 Å². The van der Waals surface area contributed by atoms with Gasteiger partial charge in [-0.1, -0.05) is 77.8 Å². The van der Waals surface area contributed by atoms with Gasteiger partial charge < -0.3 is 9.80 Å². The SMILES string of the molecule is C=C1/C(=C2\Sc3ccc(C)cc3N2C)S/C(=C\c2scc[n+]2Cc2ccccc2)N1CC. The largest absolute Gasteiger partial charge is 0.337 e. The van der Waals surface area contributed by atoms with Crippen molar-refractivity contribution in [1.82, 2.24) is 4.90 Å². The van der Waals surface area contributed by atoms with Crippen LogP contribution in [0.15, 0.2) is 92.2 Å². The maximum atomic E-state index is 4.48. The van der Waals surface area contributed by atoms with E-state index in [0.29, 0.717) is 0 Å². The van der Waals surface area contributed by atoms with Gasteiger partial charge in [-0.25, -0.2) is 0 Å². The van der Waals surface area contributed by atoms with Crippen molar-refractivity contribution in [3.8, 4) is 0 Å². The van der Waals surface area contributed by atoms with Crippen LogP contribution in [0.1, 0.15) is 23.1 Å². The lowest BCUT2D eigenvalue weighted by Crippen LogP contribution is -2.34. The molecule has 2 aliphatic heterocycles. The number of thiazole rings is 1. The lowest BCUT2D eigenvalue weighted by molar-refractivity contribution is -0.685. The smallest absolute Gasteiger partial charge is 0.264 e. The highest BCUT2D eigenvalue weighted by Gasteiger charge is 2.34. The first-order valence-corrected chi connectivity index (χ1v) is 13.2. The minimum Gasteiger partial charge on any atom is -0.337 e. The minimum atomic E-state index is 0.877. The standard InChI is InChI=1S/C26H26N3S3/c1-5-29-19(3)25(26-27(4)21-15-18(2)11-12-22(21)31-26)32-24(29)16-23-28(13-14-30-23)17-20-9-7-6-8-10-20/h6-16H,3,5,17H2,1-2,4H3/q+1/b26-25+. The molecule has 1 saturated heterocycles. The Morgan fingerprint density at radius 2 is 1.91 bits per heavy atom. The van der Waals surface area contributed by atoms with Gasteiger partial charge >= 0.3 is 0 Å². The van der Waals surface area contributed by atoms with Crippen molar-refractivity contribution in [3.05, 3.63) is 103 Å². The number of aromatic nitrogens is 1. The molecule has 0 spiro atoms. The van der Waals surface area contributed by atoms with E-state index in [1.807, 2.05) is 23.5 Å². The van der Waals surface area contributed by atoms with Crippen molar-refractivity contribution in [2.24, 2.45) is 0 Å². The van der Waals surface area contributed by atoms with Crippen LogP contribution >= 0.6 is 34.9 Å². The summed E-state index contributed by atoms with van der Waals surface area (Å²) >= 11 is 5.47. The lowest BCUT2D eigenvalue weighted by Gasteiger charge is -2.18. The molecule has 0 N–H and O–H groups in total. The summed E-state index contributed by atoms with van der Waals surface area (Å²) in [5.74, 6) is 0. The number of likely N-dealkylation sites (N-methyl/N-ethyl adjacent to an activating group) is 1. The lowest BCUT2D eigenvalue weighted by atomic mass is 10.2. The number of aryl methyl sites for hydroxylation is 1. The first-order chi connectivity index (χ1) is 15.5. The number of hydrogen-bond donors (Lipinski definition) is 0. The Labute approximate surface area is 202 Å². The highest BCUT2D eigenvalue weighted by Crippen LogP contribution is 2.54. The van der Waals surface area contributed by atoms with E-state index in [4.69, 9.17) is 0 Å². The Bertz CT molecular complexity index is 1240. The number of benzene rings is 2. The summed E-state index contributed by atoms with van der Waals surface area (Å²) in [6.07, 6.45) is 4.49. The van der Waals surface area contributed by atoms with Crippen LogP contribution in [0.5, 0.6) is 0 Å². The molecule has 1 aromatic heterocycles. The van der Waals surface area contributed by atoms with Crippen LogP contribution in [0.3, 0.4) is 0 Å². The maximum absolute atomic E-state index is 4.48. The van der Waals surface area contributed by atoms with Gasteiger partial charge in [0.15, 0.2) is 12.7 Å². The molecule has 6 heteroatoms. The van der Waals surface area contributed by atoms with Crippen molar-refractivity contribution >= 4 is 46.6 Å². The second-order valence-corrected chi connectivity index (χ2v) is 10.9. The van der Waals surface area contributed by atoms with Crippen molar-refractivity contribution in [1.29, 1.82) is 0 Å². The number of fused-ring (bicyclic) bond motifs is 1. The molecule has 3 nitrogen and oxygen atoms in total. The third kappa shape index (κ3) is 3.91. The Hall–Kier alpha value is -2.41. The topological polar surface area (TPSA) is 10.4 Å². The van der Waals surface area contributed by atoms with Crippen LogP contribution in [0.4, 0.5) is 5.69 Å². The summed E-state index contributed by atoms with van der Waals surface area (Å²) in [7, 11) is 2.17. The summed E-state index contributed by atoms with van der Waals surface area (Å²) < 4.78 is 2.32. The fraction of sp³-hybridized carbons (Fsp3) is 0.192. The van der Waals surface area contributed by atoms with E-state index in [1.165, 1.54) is 41.7 Å². The fourth-order valence-electron chi connectivity index (χ4n) is 4.00. The predicted octanol–water partition coefficient (Wildman–Crippen LogP) is 6.68. The van der Waals surface area contributed by atoms with Gasteiger partial charge in [0.25, 0.3) is 5.01 Å². The molecule has 3 aromatic rings. The summed E-state index contributed by atoms with van der Waals surface area (Å²) in [4.78, 5) is 7.22. The molecule has 1 fully saturated rings. The number of nitrogens with zero attached hydrogens (tertiary/aromatic N) is 3. The highest BCUT2D eigenvalue weighted by molar-refractivity contribution is 8.09. The monoisotopic (exact) mass is 476 g/mol. The Kier molecular flexibility index (Phi) is 5.93. The van der Waals surface area contributed by atoms with Crippen molar-refractivity contribution < 1.29 is 4.57 Å². The van der Waals surface area contributed by atoms with Gasteiger partial charge in [0, 0.05) is 24.1 Å². The zero-order valence-electron chi connectivity index (χ0n) is 18.5. The molecule has 0 amide bonds. The molecule has 0 saturated carbocycles. The molecular formula is C26H26N3S3+. The third-order valence-corrected chi connectivity index (χ3v) is 9.11. The van der Waals surface area contributed by atoms with E-state index in [-0.39, 0.29) is 0 Å². The van der Waals surface area contributed by atoms with E-state index in [1.54, 1.807) is 11.3 Å². The normalized spacial score (nSPS) is 19.3. The summed E-state index contributed by atoms with van der Waals surface area (Å²) in [6, 6.07) is 17.3. The van der Waals surface area contributed by atoms with E-state index in [2.05, 4.69) is 108 Å². The Morgan fingerprint density at radius 3 is 2.69 bits per heavy atom. The fourth-order valence-corrected chi connectivity index (χ4v) is 7.38. The molecule has 0 unspecified atom stereocenters. The van der Waals surface area contributed by atoms with Gasteiger partial charge in [-0.05, 0) is 31.5 Å². The second-order valence-electron chi connectivity index (χ2n) is 7.90. The molecule has 162 valence electrons. The van der Waals surface area contributed by atoms with Crippen LogP contribution < -0.4 is 9.47 Å². The van der Waals surface area contributed by atoms with Gasteiger partial charge in [-0.2, -0.15) is 4.57 Å². The molecule has 0 bridgehead atoms. The first kappa shape index (κ1) is 21.4. The van der Waals surface area contributed by atoms with Crippen LogP contribution in [0.2, 0.25) is 0 Å². The van der Waals surface area contributed by atoms with Gasteiger partial charge in [0.1, 0.15) is 0 Å². The van der Waals surface area contributed by atoms with E-state index >= 15 is 0 Å². The molecule has 0 atom stereocenters. The van der Waals surface area contributed by atoms with Crippen molar-refractivity contribution in [2.75, 3.05) is 18.5 Å². The van der Waals surface area contributed by atoms with E-state index in [0.717, 1.165) is 18.8 Å². The maximum Gasteiger partial charge on any atom is 0.264 e. The van der Waals surface area contributed by atoms with Crippen LogP contribution in [0, 0.1) is 6.92 Å². The molecule has 3 heterocycles. The van der Waals surface area contributed by atoms with Crippen LogP contribution in [-0.4, -0.2) is 18.5 Å². The summed E-state index contributed by atoms with van der Waals surface area (Å²) in [6.45, 7) is 10.6. The molecule has 0 aliphatic carbocycles. The first-order valence-electron chi connectivity index (χ1n) is 10.7. The average Bonchev–Trinajstić information content (AvgIpc) is 3.45. The number of anilines is 1. The minimum absolute atomic E-state index is 0.877. The average molecular weight is 477 g/mol. The zero-order valence-corrected chi connectivity index (χ0v) is 21.0. The van der Waals surface area contributed by atoms with Crippen molar-refractivity contribution in [2.45, 2.75) is 25.3 Å². The number of rotatable bonds is 4. The third-order valence-electron chi connectivity index (χ3n) is 5.71. The summed E-state index contributed by atoms with van der Waals surface area (Å²) in [5.41, 5.74) is 4.97. The van der Waals surface area contributed by atoms with Crippen LogP contribution in [0.25, 0.3) is 6.08 Å². The van der Waals surface area contributed by atoms with Crippen molar-refractivity contribution in [3.63, 3.8) is 0 Å². The Balaban J connectivity index is 1.47. The Morgan fingerprint density at radius 1 is 1.09 bits per heavy atom. The van der Waals surface area contributed by atoms with E-state index < -0.39 is 0 Å². The molecular weight excluding hydrogens is 451 g/mol. The van der Waals surface area contributed by atoms with E-state index in [9.17, 15) is 0 Å². The van der Waals surface area contributed by atoms with Gasteiger partial charge in [-0.15, -0.1) is 0 Å². The second kappa shape index (κ2) is 8.85. The predicted molar refractivity (Wildman–Crippen MR) is 140 cm³/mol. The molecule has 2 aromatic carbocycles.